The Kier molecular flexibility index (Phi) is 4.79. The monoisotopic (exact) mass is 352 g/mol. The molecule has 3 aromatic rings. The number of nitrogens with one attached hydrogen (secondary N) is 2. The van der Waals surface area contributed by atoms with E-state index < -0.39 is 11.8 Å². The van der Waals surface area contributed by atoms with Gasteiger partial charge in [-0.1, -0.05) is 18.2 Å². The maximum absolute atomic E-state index is 13.1. The van der Waals surface area contributed by atoms with Crippen molar-refractivity contribution >= 4 is 11.8 Å². The molecule has 6 nitrogen and oxygen atoms in total. The molecule has 0 spiro atoms. The summed E-state index contributed by atoms with van der Waals surface area (Å²) < 4.78 is 14.7. The fraction of sp³-hybridized carbons (Fsp3) is 0.105. The molecule has 2 aromatic carbocycles. The molecular weight excluding hydrogens is 335 g/mol. The predicted octanol–water partition coefficient (Wildman–Crippen LogP) is 2.70. The topological polar surface area (TPSA) is 76.0 Å². The van der Waals surface area contributed by atoms with E-state index in [1.165, 1.54) is 12.1 Å². The van der Waals surface area contributed by atoms with Gasteiger partial charge >= 0.3 is 0 Å². The maximum atomic E-state index is 13.1. The Bertz CT molecular complexity index is 950. The van der Waals surface area contributed by atoms with Crippen LogP contribution in [0.25, 0.3) is 5.69 Å². The number of carbonyl (C=O) groups is 2. The van der Waals surface area contributed by atoms with E-state index in [4.69, 9.17) is 0 Å². The van der Waals surface area contributed by atoms with Crippen molar-refractivity contribution in [1.29, 1.82) is 0 Å². The van der Waals surface area contributed by atoms with Crippen molar-refractivity contribution in [2.45, 2.75) is 13.8 Å². The fourth-order valence-corrected chi connectivity index (χ4v) is 2.64. The first-order valence-electron chi connectivity index (χ1n) is 7.95. The van der Waals surface area contributed by atoms with Gasteiger partial charge in [0.1, 0.15) is 5.82 Å². The molecule has 0 aliphatic heterocycles. The number of halogens is 1. The lowest BCUT2D eigenvalue weighted by Gasteiger charge is -2.08. The number of benzene rings is 2. The Morgan fingerprint density at radius 3 is 2.19 bits per heavy atom. The molecule has 0 fully saturated rings. The molecule has 0 bridgehead atoms. The molecule has 0 aliphatic rings. The van der Waals surface area contributed by atoms with Crippen LogP contribution in [0.3, 0.4) is 0 Å². The van der Waals surface area contributed by atoms with Crippen LogP contribution in [0.5, 0.6) is 0 Å². The van der Waals surface area contributed by atoms with E-state index in [0.717, 1.165) is 0 Å². The average Bonchev–Trinajstić information content (AvgIpc) is 2.95. The zero-order valence-electron chi connectivity index (χ0n) is 14.3. The van der Waals surface area contributed by atoms with Crippen LogP contribution >= 0.6 is 0 Å². The van der Waals surface area contributed by atoms with Crippen molar-refractivity contribution < 1.29 is 14.0 Å². The van der Waals surface area contributed by atoms with Gasteiger partial charge in [-0.05, 0) is 50.2 Å². The van der Waals surface area contributed by atoms with Gasteiger partial charge in [0.2, 0.25) is 0 Å². The van der Waals surface area contributed by atoms with Crippen molar-refractivity contribution in [3.05, 3.63) is 82.9 Å². The van der Waals surface area contributed by atoms with Crippen LogP contribution in [-0.2, 0) is 0 Å². The van der Waals surface area contributed by atoms with E-state index >= 15 is 0 Å². The molecule has 0 aliphatic carbocycles. The second-order valence-electron chi connectivity index (χ2n) is 5.71. The zero-order chi connectivity index (χ0) is 18.7. The molecular formula is C19H17FN4O2. The van der Waals surface area contributed by atoms with Crippen molar-refractivity contribution in [2.75, 3.05) is 0 Å². The smallest absolute Gasteiger partial charge is 0.267 e. The summed E-state index contributed by atoms with van der Waals surface area (Å²) >= 11 is 0. The number of aryl methyl sites for hydroxylation is 1. The number of amides is 2. The van der Waals surface area contributed by atoms with Crippen LogP contribution in [0.1, 0.15) is 32.1 Å². The SMILES string of the molecule is Cc1nn(-c2ccc(F)cc2)c(C)c1C(=O)NNC(=O)c1ccccc1. The van der Waals surface area contributed by atoms with Crippen LogP contribution in [0.4, 0.5) is 4.39 Å². The van der Waals surface area contributed by atoms with Gasteiger partial charge < -0.3 is 0 Å². The number of aromatic nitrogens is 2. The first kappa shape index (κ1) is 17.3. The molecule has 26 heavy (non-hydrogen) atoms. The van der Waals surface area contributed by atoms with E-state index in [-0.39, 0.29) is 5.82 Å². The minimum absolute atomic E-state index is 0.350. The lowest BCUT2D eigenvalue weighted by Crippen LogP contribution is -2.42. The maximum Gasteiger partial charge on any atom is 0.273 e. The summed E-state index contributed by atoms with van der Waals surface area (Å²) in [6, 6.07) is 14.4. The highest BCUT2D eigenvalue weighted by Gasteiger charge is 2.20. The predicted molar refractivity (Wildman–Crippen MR) is 94.4 cm³/mol. The Morgan fingerprint density at radius 1 is 0.923 bits per heavy atom. The Morgan fingerprint density at radius 2 is 1.54 bits per heavy atom. The standard InChI is InChI=1S/C19H17FN4O2/c1-12-17(13(2)24(23-12)16-10-8-15(20)9-11-16)19(26)22-21-18(25)14-6-4-3-5-7-14/h3-11H,1-2H3,(H,21,25)(H,22,26). The molecule has 1 heterocycles. The summed E-state index contributed by atoms with van der Waals surface area (Å²) in [5.41, 5.74) is 7.29. The van der Waals surface area contributed by atoms with Gasteiger partial charge in [0.25, 0.3) is 11.8 Å². The summed E-state index contributed by atoms with van der Waals surface area (Å²) in [6.45, 7) is 3.43. The zero-order valence-corrected chi connectivity index (χ0v) is 14.3. The number of hydrazine groups is 1. The number of nitrogens with zero attached hydrogens (tertiary/aromatic N) is 2. The molecule has 0 saturated carbocycles. The Hall–Kier alpha value is -3.48. The normalized spacial score (nSPS) is 10.4. The summed E-state index contributed by atoms with van der Waals surface area (Å²) in [7, 11) is 0. The highest BCUT2D eigenvalue weighted by molar-refractivity contribution is 6.00. The van der Waals surface area contributed by atoms with E-state index in [1.807, 2.05) is 0 Å². The van der Waals surface area contributed by atoms with Crippen molar-refractivity contribution in [3.63, 3.8) is 0 Å². The Balaban J connectivity index is 1.77. The molecule has 0 atom stereocenters. The summed E-state index contributed by atoms with van der Waals surface area (Å²) in [6.07, 6.45) is 0. The molecule has 1 aromatic heterocycles. The van der Waals surface area contributed by atoms with Gasteiger partial charge in [0, 0.05) is 5.56 Å². The first-order valence-corrected chi connectivity index (χ1v) is 7.95. The molecule has 7 heteroatoms. The second kappa shape index (κ2) is 7.18. The number of carbonyl (C=O) groups excluding carboxylic acids is 2. The highest BCUT2D eigenvalue weighted by Crippen LogP contribution is 2.18. The fourth-order valence-electron chi connectivity index (χ4n) is 2.64. The molecule has 0 radical (unpaired) electrons. The number of rotatable bonds is 3. The van der Waals surface area contributed by atoms with Crippen molar-refractivity contribution in [2.24, 2.45) is 0 Å². The lowest BCUT2D eigenvalue weighted by atomic mass is 10.2. The molecule has 2 N–H and O–H groups in total. The Labute approximate surface area is 149 Å². The number of hydrogen-bond acceptors (Lipinski definition) is 3. The highest BCUT2D eigenvalue weighted by atomic mass is 19.1. The molecule has 132 valence electrons. The first-order chi connectivity index (χ1) is 12.5. The minimum atomic E-state index is -0.474. The average molecular weight is 352 g/mol. The van der Waals surface area contributed by atoms with Crippen LogP contribution in [0.2, 0.25) is 0 Å². The van der Waals surface area contributed by atoms with Crippen LogP contribution < -0.4 is 10.9 Å². The van der Waals surface area contributed by atoms with Crippen LogP contribution in [-0.4, -0.2) is 21.6 Å². The van der Waals surface area contributed by atoms with E-state index in [1.54, 1.807) is 61.0 Å². The molecule has 3 rings (SSSR count). The summed E-state index contributed by atoms with van der Waals surface area (Å²) in [5.74, 6) is -1.24. The van der Waals surface area contributed by atoms with Gasteiger partial charge in [-0.25, -0.2) is 9.07 Å². The molecule has 0 unspecified atom stereocenters. The van der Waals surface area contributed by atoms with E-state index in [0.29, 0.717) is 28.2 Å². The van der Waals surface area contributed by atoms with Gasteiger partial charge in [0.05, 0.1) is 22.6 Å². The second-order valence-corrected chi connectivity index (χ2v) is 5.71. The third-order valence-electron chi connectivity index (χ3n) is 3.92. The minimum Gasteiger partial charge on any atom is -0.267 e. The van der Waals surface area contributed by atoms with E-state index in [9.17, 15) is 14.0 Å². The van der Waals surface area contributed by atoms with Crippen molar-refractivity contribution in [1.82, 2.24) is 20.6 Å². The van der Waals surface area contributed by atoms with Gasteiger partial charge in [0.15, 0.2) is 0 Å². The molecule has 0 saturated heterocycles. The third-order valence-corrected chi connectivity index (χ3v) is 3.92. The van der Waals surface area contributed by atoms with Gasteiger partial charge in [-0.2, -0.15) is 5.10 Å². The lowest BCUT2D eigenvalue weighted by molar-refractivity contribution is 0.0846. The van der Waals surface area contributed by atoms with E-state index in [2.05, 4.69) is 16.0 Å². The summed E-state index contributed by atoms with van der Waals surface area (Å²) in [4.78, 5) is 24.5. The van der Waals surface area contributed by atoms with Crippen molar-refractivity contribution in [3.8, 4) is 5.69 Å². The van der Waals surface area contributed by atoms with Gasteiger partial charge in [-0.3, -0.25) is 20.4 Å². The van der Waals surface area contributed by atoms with Crippen LogP contribution in [0, 0.1) is 19.7 Å². The quantitative estimate of drug-likeness (QED) is 0.712. The van der Waals surface area contributed by atoms with Crippen LogP contribution in [0.15, 0.2) is 54.6 Å². The summed E-state index contributed by atoms with van der Waals surface area (Å²) in [5, 5.41) is 4.34. The molecule has 2 amide bonds. The number of hydrogen-bond donors (Lipinski definition) is 2. The largest absolute Gasteiger partial charge is 0.273 e. The van der Waals surface area contributed by atoms with Gasteiger partial charge in [-0.15, -0.1) is 0 Å². The third kappa shape index (κ3) is 3.46.